The topological polar surface area (TPSA) is 61.4 Å². The molecule has 0 unspecified atom stereocenters. The Bertz CT molecular complexity index is 842. The van der Waals surface area contributed by atoms with Crippen molar-refractivity contribution in [3.63, 3.8) is 0 Å². The molecule has 0 amide bonds. The van der Waals surface area contributed by atoms with Crippen LogP contribution in [0.3, 0.4) is 0 Å². The Kier molecular flexibility index (Phi) is 3.66. The van der Waals surface area contributed by atoms with E-state index in [2.05, 4.69) is 20.2 Å². The highest BCUT2D eigenvalue weighted by Gasteiger charge is 2.34. The number of alkyl halides is 3. The van der Waals surface area contributed by atoms with E-state index in [0.29, 0.717) is 22.6 Å². The van der Waals surface area contributed by atoms with Crippen LogP contribution in [0, 0.1) is 20.8 Å². The zero-order chi connectivity index (χ0) is 17.6. The van der Waals surface area contributed by atoms with E-state index >= 15 is 0 Å². The van der Waals surface area contributed by atoms with Gasteiger partial charge in [0.15, 0.2) is 5.69 Å². The van der Waals surface area contributed by atoms with Crippen molar-refractivity contribution < 1.29 is 13.2 Å². The SMILES string of the molecule is Cc1cc(C)n(-c2nc(-c3cn(C)nc3C)cc(C(F)(F)F)n2)n1. The molecule has 3 rings (SSSR count). The Morgan fingerprint density at radius 3 is 2.21 bits per heavy atom. The van der Waals surface area contributed by atoms with Gasteiger partial charge in [0.2, 0.25) is 0 Å². The Balaban J connectivity index is 2.25. The van der Waals surface area contributed by atoms with E-state index in [1.807, 2.05) is 0 Å². The van der Waals surface area contributed by atoms with Crippen LogP contribution in [-0.2, 0) is 13.2 Å². The van der Waals surface area contributed by atoms with Crippen LogP contribution in [0.2, 0.25) is 0 Å². The summed E-state index contributed by atoms with van der Waals surface area (Å²) < 4.78 is 42.6. The van der Waals surface area contributed by atoms with Gasteiger partial charge in [-0.2, -0.15) is 23.4 Å². The van der Waals surface area contributed by atoms with Crippen molar-refractivity contribution >= 4 is 0 Å². The molecular weight excluding hydrogens is 321 g/mol. The van der Waals surface area contributed by atoms with E-state index in [4.69, 9.17) is 0 Å². The van der Waals surface area contributed by atoms with Crippen molar-refractivity contribution in [2.45, 2.75) is 26.9 Å². The molecule has 0 radical (unpaired) electrons. The Morgan fingerprint density at radius 2 is 1.71 bits per heavy atom. The first-order valence-electron chi connectivity index (χ1n) is 7.15. The van der Waals surface area contributed by atoms with Crippen LogP contribution in [0.25, 0.3) is 17.2 Å². The molecule has 3 aromatic rings. The lowest BCUT2D eigenvalue weighted by molar-refractivity contribution is -0.141. The average molecular weight is 336 g/mol. The van der Waals surface area contributed by atoms with Crippen molar-refractivity contribution in [3.05, 3.63) is 41.1 Å². The summed E-state index contributed by atoms with van der Waals surface area (Å²) in [7, 11) is 1.70. The van der Waals surface area contributed by atoms with Crippen LogP contribution in [0.15, 0.2) is 18.3 Å². The first-order chi connectivity index (χ1) is 11.1. The highest BCUT2D eigenvalue weighted by Crippen LogP contribution is 2.31. The van der Waals surface area contributed by atoms with E-state index in [0.717, 1.165) is 6.07 Å². The van der Waals surface area contributed by atoms with Gasteiger partial charge in [-0.25, -0.2) is 14.6 Å². The van der Waals surface area contributed by atoms with Gasteiger partial charge < -0.3 is 0 Å². The summed E-state index contributed by atoms with van der Waals surface area (Å²) >= 11 is 0. The fourth-order valence-corrected chi connectivity index (χ4v) is 2.49. The summed E-state index contributed by atoms with van der Waals surface area (Å²) in [5.41, 5.74) is 1.58. The summed E-state index contributed by atoms with van der Waals surface area (Å²) in [6, 6.07) is 2.68. The lowest BCUT2D eigenvalue weighted by Gasteiger charge is -2.11. The molecule has 0 aliphatic rings. The van der Waals surface area contributed by atoms with Gasteiger partial charge in [-0.1, -0.05) is 0 Å². The second-order valence-corrected chi connectivity index (χ2v) is 5.58. The van der Waals surface area contributed by atoms with Gasteiger partial charge in [-0.05, 0) is 32.9 Å². The molecule has 0 aliphatic heterocycles. The Labute approximate surface area is 136 Å². The third-order valence-corrected chi connectivity index (χ3v) is 3.49. The summed E-state index contributed by atoms with van der Waals surface area (Å²) in [4.78, 5) is 7.92. The van der Waals surface area contributed by atoms with Crippen molar-refractivity contribution in [3.8, 4) is 17.2 Å². The monoisotopic (exact) mass is 336 g/mol. The highest BCUT2D eigenvalue weighted by atomic mass is 19.4. The van der Waals surface area contributed by atoms with Crippen molar-refractivity contribution in [1.82, 2.24) is 29.5 Å². The standard InChI is InChI=1S/C15H15F3N6/c1-8-5-9(2)24(21-8)14-19-12(6-13(20-14)15(16,17)18)11-7-23(4)22-10(11)3/h5-7H,1-4H3. The minimum absolute atomic E-state index is 0.117. The van der Waals surface area contributed by atoms with Crippen LogP contribution in [0.5, 0.6) is 0 Å². The van der Waals surface area contributed by atoms with Gasteiger partial charge >= 0.3 is 6.18 Å². The van der Waals surface area contributed by atoms with E-state index in [1.165, 1.54) is 9.36 Å². The molecule has 0 N–H and O–H groups in total. The molecule has 126 valence electrons. The first kappa shape index (κ1) is 16.2. The third-order valence-electron chi connectivity index (χ3n) is 3.49. The summed E-state index contributed by atoms with van der Waals surface area (Å²) in [6.45, 7) is 5.20. The van der Waals surface area contributed by atoms with E-state index < -0.39 is 11.9 Å². The van der Waals surface area contributed by atoms with E-state index in [-0.39, 0.29) is 11.6 Å². The quantitative estimate of drug-likeness (QED) is 0.722. The number of hydrogen-bond acceptors (Lipinski definition) is 4. The molecule has 0 fully saturated rings. The maximum Gasteiger partial charge on any atom is 0.433 e. The van der Waals surface area contributed by atoms with Crippen LogP contribution >= 0.6 is 0 Å². The first-order valence-corrected chi connectivity index (χ1v) is 7.15. The molecule has 0 saturated heterocycles. The predicted octanol–water partition coefficient (Wildman–Crippen LogP) is 3.01. The molecule has 24 heavy (non-hydrogen) atoms. The average Bonchev–Trinajstić information content (AvgIpc) is 2.98. The maximum absolute atomic E-state index is 13.3. The maximum atomic E-state index is 13.3. The van der Waals surface area contributed by atoms with E-state index in [1.54, 1.807) is 40.1 Å². The number of aromatic nitrogens is 6. The largest absolute Gasteiger partial charge is 0.433 e. The smallest absolute Gasteiger partial charge is 0.275 e. The zero-order valence-corrected chi connectivity index (χ0v) is 13.5. The van der Waals surface area contributed by atoms with Gasteiger partial charge in [0.1, 0.15) is 0 Å². The fraction of sp³-hybridized carbons (Fsp3) is 0.333. The van der Waals surface area contributed by atoms with Crippen molar-refractivity contribution in [2.24, 2.45) is 7.05 Å². The third kappa shape index (κ3) is 2.89. The molecule has 3 aromatic heterocycles. The molecule has 0 aliphatic carbocycles. The Morgan fingerprint density at radius 1 is 1.00 bits per heavy atom. The summed E-state index contributed by atoms with van der Waals surface area (Å²) in [6.07, 6.45) is -2.96. The van der Waals surface area contributed by atoms with Gasteiger partial charge in [0.05, 0.1) is 17.1 Å². The molecule has 6 nitrogen and oxygen atoms in total. The summed E-state index contributed by atoms with van der Waals surface area (Å²) in [5.74, 6) is -0.117. The molecule has 0 atom stereocenters. The molecule has 0 spiro atoms. The Hall–Kier alpha value is -2.71. The molecule has 3 heterocycles. The zero-order valence-electron chi connectivity index (χ0n) is 13.5. The minimum atomic E-state index is -4.58. The van der Waals surface area contributed by atoms with Gasteiger partial charge in [0.25, 0.3) is 5.95 Å². The molecule has 0 bridgehead atoms. The minimum Gasteiger partial charge on any atom is -0.275 e. The van der Waals surface area contributed by atoms with Gasteiger partial charge in [-0.15, -0.1) is 0 Å². The van der Waals surface area contributed by atoms with Gasteiger partial charge in [-0.3, -0.25) is 4.68 Å². The second-order valence-electron chi connectivity index (χ2n) is 5.58. The lowest BCUT2D eigenvalue weighted by atomic mass is 10.1. The van der Waals surface area contributed by atoms with Crippen LogP contribution in [-0.4, -0.2) is 29.5 Å². The van der Waals surface area contributed by atoms with Crippen molar-refractivity contribution in [2.75, 3.05) is 0 Å². The lowest BCUT2D eigenvalue weighted by Crippen LogP contribution is -2.14. The molecule has 9 heteroatoms. The number of nitrogens with zero attached hydrogens (tertiary/aromatic N) is 6. The van der Waals surface area contributed by atoms with E-state index in [9.17, 15) is 13.2 Å². The molecular formula is C15H15F3N6. The number of aryl methyl sites for hydroxylation is 4. The predicted molar refractivity (Wildman–Crippen MR) is 80.6 cm³/mol. The number of halogens is 3. The summed E-state index contributed by atoms with van der Waals surface area (Å²) in [5, 5.41) is 8.33. The van der Waals surface area contributed by atoms with Gasteiger partial charge in [0, 0.05) is 24.5 Å². The van der Waals surface area contributed by atoms with Crippen LogP contribution < -0.4 is 0 Å². The van der Waals surface area contributed by atoms with Crippen LogP contribution in [0.4, 0.5) is 13.2 Å². The highest BCUT2D eigenvalue weighted by molar-refractivity contribution is 5.62. The number of hydrogen-bond donors (Lipinski definition) is 0. The van der Waals surface area contributed by atoms with Crippen LogP contribution in [0.1, 0.15) is 22.8 Å². The number of rotatable bonds is 2. The second kappa shape index (κ2) is 5.43. The molecule has 0 saturated carbocycles. The fourth-order valence-electron chi connectivity index (χ4n) is 2.49. The normalized spacial score (nSPS) is 12.0. The van der Waals surface area contributed by atoms with Crippen molar-refractivity contribution in [1.29, 1.82) is 0 Å². The molecule has 0 aromatic carbocycles.